The standard InChI is InChI=1S/C30H36ClN3O6/c1-19-25(28(35)36)27(23-16-22(34(38)39)12-13-24(23)31)26(29(37)40-6)20(2)33(19)18-30(3,4)14-15-32(5)17-21-10-8-7-9-11-21/h7-13,16,19H,14-15,17-18H2,1-6H3,(H,35,36). The lowest BCUT2D eigenvalue weighted by atomic mass is 9.81. The number of nitrogens with zero attached hydrogens (tertiary/aromatic N) is 3. The van der Waals surface area contributed by atoms with Crippen LogP contribution in [-0.4, -0.2) is 65.1 Å². The molecule has 1 aliphatic heterocycles. The number of carbonyl (C=O) groups excluding carboxylic acids is 1. The van der Waals surface area contributed by atoms with E-state index < -0.39 is 22.9 Å². The summed E-state index contributed by atoms with van der Waals surface area (Å²) in [4.78, 5) is 40.9. The largest absolute Gasteiger partial charge is 0.478 e. The molecule has 1 unspecified atom stereocenters. The van der Waals surface area contributed by atoms with Crippen molar-refractivity contribution in [3.05, 3.63) is 91.6 Å². The topological polar surface area (TPSA) is 113 Å². The first-order valence-corrected chi connectivity index (χ1v) is 13.4. The molecule has 1 N–H and O–H groups in total. The Morgan fingerprint density at radius 1 is 1.20 bits per heavy atom. The number of esters is 1. The van der Waals surface area contributed by atoms with Crippen LogP contribution in [-0.2, 0) is 20.9 Å². The van der Waals surface area contributed by atoms with Gasteiger partial charge in [-0.2, -0.15) is 0 Å². The molecule has 214 valence electrons. The van der Waals surface area contributed by atoms with Crippen molar-refractivity contribution >= 4 is 34.8 Å². The van der Waals surface area contributed by atoms with Crippen LogP contribution in [0.1, 0.15) is 45.2 Å². The van der Waals surface area contributed by atoms with Crippen LogP contribution in [0.25, 0.3) is 5.57 Å². The molecule has 0 spiro atoms. The predicted molar refractivity (Wildman–Crippen MR) is 155 cm³/mol. The Balaban J connectivity index is 2.00. The minimum Gasteiger partial charge on any atom is -0.478 e. The Labute approximate surface area is 239 Å². The van der Waals surface area contributed by atoms with Crippen molar-refractivity contribution < 1.29 is 24.4 Å². The smallest absolute Gasteiger partial charge is 0.340 e. The molecule has 0 bridgehead atoms. The number of nitro groups is 1. The fourth-order valence-electron chi connectivity index (χ4n) is 5.11. The van der Waals surface area contributed by atoms with E-state index in [2.05, 4.69) is 37.9 Å². The number of ether oxygens (including phenoxy) is 1. The molecule has 3 rings (SSSR count). The fourth-order valence-corrected chi connectivity index (χ4v) is 5.33. The van der Waals surface area contributed by atoms with E-state index in [1.54, 1.807) is 13.8 Å². The highest BCUT2D eigenvalue weighted by molar-refractivity contribution is 6.33. The first-order valence-electron chi connectivity index (χ1n) is 13.0. The lowest BCUT2D eigenvalue weighted by Crippen LogP contribution is -2.45. The summed E-state index contributed by atoms with van der Waals surface area (Å²) in [6.45, 7) is 9.80. The lowest BCUT2D eigenvalue weighted by molar-refractivity contribution is -0.384. The Morgan fingerprint density at radius 2 is 1.85 bits per heavy atom. The molecule has 1 aliphatic rings. The van der Waals surface area contributed by atoms with Gasteiger partial charge in [0.15, 0.2) is 0 Å². The van der Waals surface area contributed by atoms with Crippen LogP contribution in [0.5, 0.6) is 0 Å². The van der Waals surface area contributed by atoms with E-state index in [1.165, 1.54) is 30.9 Å². The molecule has 0 amide bonds. The van der Waals surface area contributed by atoms with Gasteiger partial charge in [0, 0.05) is 47.1 Å². The van der Waals surface area contributed by atoms with Crippen LogP contribution in [0.15, 0.2) is 65.4 Å². The highest BCUT2D eigenvalue weighted by Gasteiger charge is 2.40. The van der Waals surface area contributed by atoms with Crippen molar-refractivity contribution in [1.29, 1.82) is 0 Å². The number of non-ortho nitro benzene ring substituents is 1. The van der Waals surface area contributed by atoms with Crippen molar-refractivity contribution in [3.8, 4) is 0 Å². The van der Waals surface area contributed by atoms with Crippen LogP contribution in [0.4, 0.5) is 5.69 Å². The maximum Gasteiger partial charge on any atom is 0.340 e. The number of methoxy groups -OCH3 is 1. The average molecular weight is 570 g/mol. The second-order valence-corrected chi connectivity index (χ2v) is 11.3. The van der Waals surface area contributed by atoms with Gasteiger partial charge >= 0.3 is 11.9 Å². The first-order chi connectivity index (χ1) is 18.8. The van der Waals surface area contributed by atoms with Gasteiger partial charge in [0.05, 0.1) is 29.2 Å². The number of hydrogen-bond acceptors (Lipinski definition) is 7. The zero-order valence-electron chi connectivity index (χ0n) is 23.7. The van der Waals surface area contributed by atoms with Gasteiger partial charge in [-0.15, -0.1) is 0 Å². The molecule has 0 fully saturated rings. The quantitative estimate of drug-likeness (QED) is 0.206. The SMILES string of the molecule is COC(=O)C1=C(C)N(CC(C)(C)CCN(C)Cc2ccccc2)C(C)C(C(=O)O)=C1c1cc([N+](=O)[O-])ccc1Cl. The molecule has 1 atom stereocenters. The van der Waals surface area contributed by atoms with E-state index in [1.807, 2.05) is 23.1 Å². The number of nitro benzene ring substituents is 1. The average Bonchev–Trinajstić information content (AvgIpc) is 2.90. The molecule has 10 heteroatoms. The van der Waals surface area contributed by atoms with E-state index in [0.29, 0.717) is 12.2 Å². The predicted octanol–water partition coefficient (Wildman–Crippen LogP) is 5.79. The summed E-state index contributed by atoms with van der Waals surface area (Å²) in [5, 5.41) is 21.9. The van der Waals surface area contributed by atoms with E-state index in [0.717, 1.165) is 19.5 Å². The molecule has 0 radical (unpaired) electrons. The van der Waals surface area contributed by atoms with Crippen molar-refractivity contribution in [3.63, 3.8) is 0 Å². The van der Waals surface area contributed by atoms with E-state index in [4.69, 9.17) is 16.3 Å². The lowest BCUT2D eigenvalue weighted by Gasteiger charge is -2.43. The molecule has 0 aliphatic carbocycles. The van der Waals surface area contributed by atoms with Gasteiger partial charge in [0.2, 0.25) is 0 Å². The van der Waals surface area contributed by atoms with Crippen molar-refractivity contribution in [2.24, 2.45) is 5.41 Å². The summed E-state index contributed by atoms with van der Waals surface area (Å²) >= 11 is 6.44. The zero-order valence-corrected chi connectivity index (χ0v) is 24.5. The number of carbonyl (C=O) groups is 2. The second kappa shape index (κ2) is 12.7. The van der Waals surface area contributed by atoms with Crippen LogP contribution in [0.3, 0.4) is 0 Å². The number of rotatable bonds is 11. The minimum absolute atomic E-state index is 0.0254. The third-order valence-electron chi connectivity index (χ3n) is 7.31. The molecule has 40 heavy (non-hydrogen) atoms. The summed E-state index contributed by atoms with van der Waals surface area (Å²) in [6, 6.07) is 13.3. The number of hydrogen-bond donors (Lipinski definition) is 1. The molecule has 2 aromatic rings. The molecular weight excluding hydrogens is 534 g/mol. The van der Waals surface area contributed by atoms with Crippen LogP contribution in [0, 0.1) is 15.5 Å². The molecule has 0 saturated carbocycles. The summed E-state index contributed by atoms with van der Waals surface area (Å²) in [5.74, 6) is -1.99. The van der Waals surface area contributed by atoms with E-state index in [9.17, 15) is 24.8 Å². The Kier molecular flexibility index (Phi) is 9.76. The molecular formula is C30H36ClN3O6. The Hall–Kier alpha value is -3.69. The second-order valence-electron chi connectivity index (χ2n) is 10.9. The Morgan fingerprint density at radius 3 is 2.42 bits per heavy atom. The summed E-state index contributed by atoms with van der Waals surface area (Å²) in [5.41, 5.74) is 1.30. The van der Waals surface area contributed by atoms with Gasteiger partial charge in [-0.05, 0) is 50.9 Å². The molecule has 2 aromatic carbocycles. The van der Waals surface area contributed by atoms with Crippen LogP contribution >= 0.6 is 11.6 Å². The zero-order chi connectivity index (χ0) is 29.8. The monoisotopic (exact) mass is 569 g/mol. The molecule has 9 nitrogen and oxygen atoms in total. The van der Waals surface area contributed by atoms with Crippen molar-refractivity contribution in [1.82, 2.24) is 9.80 Å². The summed E-state index contributed by atoms with van der Waals surface area (Å²) in [6.07, 6.45) is 0.816. The van der Waals surface area contributed by atoms with Gasteiger partial charge in [0.25, 0.3) is 5.69 Å². The molecule has 0 saturated heterocycles. The van der Waals surface area contributed by atoms with Gasteiger partial charge in [-0.25, -0.2) is 9.59 Å². The first kappa shape index (κ1) is 30.8. The van der Waals surface area contributed by atoms with Gasteiger partial charge in [0.1, 0.15) is 0 Å². The van der Waals surface area contributed by atoms with Crippen molar-refractivity contribution in [2.45, 2.75) is 46.7 Å². The number of aliphatic carboxylic acids is 1. The fraction of sp³-hybridized carbons (Fsp3) is 0.400. The summed E-state index contributed by atoms with van der Waals surface area (Å²) < 4.78 is 5.07. The third kappa shape index (κ3) is 6.89. The number of allylic oxidation sites excluding steroid dienone is 1. The Bertz CT molecular complexity index is 1350. The minimum atomic E-state index is -1.25. The maximum atomic E-state index is 13.1. The van der Waals surface area contributed by atoms with E-state index >= 15 is 0 Å². The number of benzene rings is 2. The van der Waals surface area contributed by atoms with Crippen molar-refractivity contribution in [2.75, 3.05) is 27.2 Å². The summed E-state index contributed by atoms with van der Waals surface area (Å²) in [7, 11) is 3.28. The van der Waals surface area contributed by atoms with Gasteiger partial charge in [-0.1, -0.05) is 55.8 Å². The number of halogens is 1. The molecule has 1 heterocycles. The normalized spacial score (nSPS) is 16.0. The van der Waals surface area contributed by atoms with Gasteiger partial charge < -0.3 is 19.6 Å². The van der Waals surface area contributed by atoms with Crippen LogP contribution in [0.2, 0.25) is 5.02 Å². The van der Waals surface area contributed by atoms with E-state index in [-0.39, 0.29) is 38.4 Å². The third-order valence-corrected chi connectivity index (χ3v) is 7.64. The highest BCUT2D eigenvalue weighted by atomic mass is 35.5. The van der Waals surface area contributed by atoms with Crippen LogP contribution < -0.4 is 0 Å². The van der Waals surface area contributed by atoms with Gasteiger partial charge in [-0.3, -0.25) is 10.1 Å². The number of carboxylic acid groups (broad SMARTS) is 1. The highest BCUT2D eigenvalue weighted by Crippen LogP contribution is 2.43. The maximum absolute atomic E-state index is 13.1. The number of carboxylic acids is 1. The molecule has 0 aromatic heterocycles.